The van der Waals surface area contributed by atoms with Gasteiger partial charge in [0.1, 0.15) is 11.4 Å². The number of carbonyl (C=O) groups excluding carboxylic acids is 1. The van der Waals surface area contributed by atoms with Crippen LogP contribution in [0.3, 0.4) is 0 Å². The van der Waals surface area contributed by atoms with Gasteiger partial charge in [-0.1, -0.05) is 42.5 Å². The second kappa shape index (κ2) is 6.41. The third-order valence-corrected chi connectivity index (χ3v) is 5.23. The molecule has 0 N–H and O–H groups in total. The lowest BCUT2D eigenvalue weighted by molar-refractivity contribution is 0.0971. The van der Waals surface area contributed by atoms with Crippen molar-refractivity contribution in [2.24, 2.45) is 0 Å². The van der Waals surface area contributed by atoms with E-state index in [4.69, 9.17) is 4.42 Å². The summed E-state index contributed by atoms with van der Waals surface area (Å²) in [6.45, 7) is 1.94. The molecule has 5 heteroatoms. The monoisotopic (exact) mass is 385 g/mol. The molecule has 1 amide bonds. The number of hydrogen-bond acceptors (Lipinski definition) is 3. The van der Waals surface area contributed by atoms with Gasteiger partial charge >= 0.3 is 0 Å². The van der Waals surface area contributed by atoms with Gasteiger partial charge < -0.3 is 4.42 Å². The number of aryl methyl sites for hydroxylation is 1. The van der Waals surface area contributed by atoms with Crippen LogP contribution in [-0.4, -0.2) is 5.91 Å². The largest absolute Gasteiger partial charge is 0.450 e. The first-order chi connectivity index (χ1) is 14.0. The van der Waals surface area contributed by atoms with Gasteiger partial charge in [-0.3, -0.25) is 14.5 Å². The van der Waals surface area contributed by atoms with Crippen LogP contribution in [0.2, 0.25) is 0 Å². The Balaban J connectivity index is 1.84. The number of halogens is 1. The van der Waals surface area contributed by atoms with Crippen LogP contribution in [0, 0.1) is 12.7 Å². The van der Waals surface area contributed by atoms with E-state index in [0.29, 0.717) is 5.69 Å². The molecule has 0 saturated carbocycles. The smallest absolute Gasteiger partial charge is 0.295 e. The summed E-state index contributed by atoms with van der Waals surface area (Å²) in [5.41, 5.74) is 2.49. The average Bonchev–Trinajstić information content (AvgIpc) is 3.02. The summed E-state index contributed by atoms with van der Waals surface area (Å²) < 4.78 is 19.6. The molecule has 0 saturated heterocycles. The zero-order valence-corrected chi connectivity index (χ0v) is 15.6. The van der Waals surface area contributed by atoms with Gasteiger partial charge in [0.15, 0.2) is 5.43 Å². The Labute approximate surface area is 165 Å². The van der Waals surface area contributed by atoms with E-state index in [1.807, 2.05) is 61.5 Å². The maximum Gasteiger partial charge on any atom is 0.295 e. The van der Waals surface area contributed by atoms with Gasteiger partial charge in [-0.05, 0) is 48.4 Å². The van der Waals surface area contributed by atoms with Crippen molar-refractivity contribution in [1.82, 2.24) is 0 Å². The number of fused-ring (bicyclic) bond motifs is 2. The Morgan fingerprint density at radius 3 is 2.48 bits per heavy atom. The van der Waals surface area contributed by atoms with Gasteiger partial charge in [0.25, 0.3) is 5.91 Å². The van der Waals surface area contributed by atoms with Crippen LogP contribution in [0.25, 0.3) is 11.0 Å². The summed E-state index contributed by atoms with van der Waals surface area (Å²) >= 11 is 0. The third kappa shape index (κ3) is 2.66. The summed E-state index contributed by atoms with van der Waals surface area (Å²) in [6.07, 6.45) is 0. The molecule has 142 valence electrons. The first-order valence-corrected chi connectivity index (χ1v) is 9.26. The fraction of sp³-hybridized carbons (Fsp3) is 0.0833. The van der Waals surface area contributed by atoms with Gasteiger partial charge in [-0.2, -0.15) is 0 Å². The Morgan fingerprint density at radius 2 is 1.72 bits per heavy atom. The molecule has 0 spiro atoms. The minimum Gasteiger partial charge on any atom is -0.450 e. The lowest BCUT2D eigenvalue weighted by Crippen LogP contribution is -2.29. The Morgan fingerprint density at radius 1 is 0.931 bits per heavy atom. The van der Waals surface area contributed by atoms with Gasteiger partial charge in [0.05, 0.1) is 17.0 Å². The van der Waals surface area contributed by atoms with E-state index < -0.39 is 17.3 Å². The maximum atomic E-state index is 13.8. The summed E-state index contributed by atoms with van der Waals surface area (Å²) in [5, 5.41) is 0.128. The highest BCUT2D eigenvalue weighted by atomic mass is 19.1. The van der Waals surface area contributed by atoms with Crippen molar-refractivity contribution >= 4 is 22.6 Å². The predicted octanol–water partition coefficient (Wildman–Crippen LogP) is 4.99. The summed E-state index contributed by atoms with van der Waals surface area (Å²) in [5.74, 6) is -0.909. The number of hydrogen-bond donors (Lipinski definition) is 0. The quantitative estimate of drug-likeness (QED) is 0.488. The fourth-order valence-corrected chi connectivity index (χ4v) is 3.94. The third-order valence-electron chi connectivity index (χ3n) is 5.23. The molecule has 4 aromatic rings. The van der Waals surface area contributed by atoms with E-state index in [2.05, 4.69) is 0 Å². The minimum atomic E-state index is -0.649. The highest BCUT2D eigenvalue weighted by molar-refractivity contribution is 6.10. The van der Waals surface area contributed by atoms with Crippen molar-refractivity contribution in [2.45, 2.75) is 13.0 Å². The molecule has 0 aliphatic carbocycles. The molecule has 0 radical (unpaired) electrons. The van der Waals surface area contributed by atoms with Crippen molar-refractivity contribution in [3.63, 3.8) is 0 Å². The van der Waals surface area contributed by atoms with E-state index in [0.717, 1.165) is 17.2 Å². The van der Waals surface area contributed by atoms with E-state index in [1.165, 1.54) is 12.1 Å². The van der Waals surface area contributed by atoms with Crippen LogP contribution in [0.5, 0.6) is 0 Å². The van der Waals surface area contributed by atoms with Gasteiger partial charge in [0.2, 0.25) is 5.76 Å². The molecular weight excluding hydrogens is 369 g/mol. The molecule has 4 nitrogen and oxygen atoms in total. The van der Waals surface area contributed by atoms with Crippen LogP contribution in [0.4, 0.5) is 10.1 Å². The van der Waals surface area contributed by atoms with E-state index in [9.17, 15) is 14.0 Å². The predicted molar refractivity (Wildman–Crippen MR) is 109 cm³/mol. The number of carbonyl (C=O) groups is 1. The van der Waals surface area contributed by atoms with Gasteiger partial charge in [-0.25, -0.2) is 4.39 Å². The molecule has 1 unspecified atom stereocenters. The fourth-order valence-electron chi connectivity index (χ4n) is 3.94. The summed E-state index contributed by atoms with van der Waals surface area (Å²) in [7, 11) is 0. The number of nitrogens with zero attached hydrogens (tertiary/aromatic N) is 1. The molecular formula is C24H16FNO3. The van der Waals surface area contributed by atoms with E-state index in [1.54, 1.807) is 4.90 Å². The second-order valence-corrected chi connectivity index (χ2v) is 7.14. The molecule has 1 aliphatic rings. The molecule has 5 rings (SSSR count). The lowest BCUT2D eigenvalue weighted by Gasteiger charge is -2.25. The van der Waals surface area contributed by atoms with Crippen molar-refractivity contribution in [3.05, 3.63) is 111 Å². The topological polar surface area (TPSA) is 50.5 Å². The number of amides is 1. The normalized spacial score (nSPS) is 15.7. The van der Waals surface area contributed by atoms with Gasteiger partial charge in [-0.15, -0.1) is 0 Å². The van der Waals surface area contributed by atoms with Crippen LogP contribution in [0.1, 0.15) is 33.3 Å². The molecule has 3 aromatic carbocycles. The van der Waals surface area contributed by atoms with E-state index >= 15 is 0 Å². The van der Waals surface area contributed by atoms with Crippen LogP contribution in [0.15, 0.2) is 82.0 Å². The van der Waals surface area contributed by atoms with Crippen LogP contribution >= 0.6 is 0 Å². The summed E-state index contributed by atoms with van der Waals surface area (Å²) in [4.78, 5) is 28.3. The lowest BCUT2D eigenvalue weighted by atomic mass is 9.98. The maximum absolute atomic E-state index is 13.8. The Bertz CT molecular complexity index is 1330. The first kappa shape index (κ1) is 17.4. The SMILES string of the molecule is Cc1cccc(N2C(=O)c3oc4ccc(F)cc4c(=O)c3C2c2ccccc2)c1. The molecule has 0 fully saturated rings. The van der Waals surface area contributed by atoms with E-state index in [-0.39, 0.29) is 28.2 Å². The molecule has 1 aliphatic heterocycles. The Hall–Kier alpha value is -3.73. The molecule has 1 aromatic heterocycles. The molecule has 1 atom stereocenters. The number of anilines is 1. The minimum absolute atomic E-state index is 0.00414. The van der Waals surface area contributed by atoms with Crippen molar-refractivity contribution in [2.75, 3.05) is 4.90 Å². The highest BCUT2D eigenvalue weighted by Gasteiger charge is 2.43. The number of benzene rings is 3. The Kier molecular flexibility index (Phi) is 3.84. The van der Waals surface area contributed by atoms with Gasteiger partial charge in [0, 0.05) is 5.69 Å². The average molecular weight is 385 g/mol. The molecule has 0 bridgehead atoms. The highest BCUT2D eigenvalue weighted by Crippen LogP contribution is 2.41. The zero-order valence-electron chi connectivity index (χ0n) is 15.6. The van der Waals surface area contributed by atoms with Crippen LogP contribution < -0.4 is 10.3 Å². The van der Waals surface area contributed by atoms with Crippen molar-refractivity contribution in [3.8, 4) is 0 Å². The zero-order chi connectivity index (χ0) is 20.1. The van der Waals surface area contributed by atoms with Crippen molar-refractivity contribution in [1.29, 1.82) is 0 Å². The standard InChI is InChI=1S/C24H16FNO3/c1-14-6-5-9-17(12-14)26-21(15-7-3-2-4-8-15)20-22(27)18-13-16(25)10-11-19(18)29-23(20)24(26)28/h2-13,21H,1H3. The molecule has 29 heavy (non-hydrogen) atoms. The van der Waals surface area contributed by atoms with Crippen molar-refractivity contribution < 1.29 is 13.6 Å². The molecule has 2 heterocycles. The summed E-state index contributed by atoms with van der Waals surface area (Å²) in [6, 6.07) is 19.9. The second-order valence-electron chi connectivity index (χ2n) is 7.14. The first-order valence-electron chi connectivity index (χ1n) is 9.26. The number of rotatable bonds is 2. The van der Waals surface area contributed by atoms with Crippen LogP contribution in [-0.2, 0) is 0 Å².